The van der Waals surface area contributed by atoms with Gasteiger partial charge in [0.25, 0.3) is 0 Å². The van der Waals surface area contributed by atoms with Crippen LogP contribution in [0.15, 0.2) is 36.4 Å². The standard InChI is InChI=1S/C20H24ClN5/c1-3-10-26-19(15-6-4-5-7-16(15)21)22-17-8-9-18(23-20(17)26)25-13-11-24(2)12-14-25/h4-9H,3,10-14H2,1-2H3. The highest BCUT2D eigenvalue weighted by molar-refractivity contribution is 6.33. The highest BCUT2D eigenvalue weighted by atomic mass is 35.5. The maximum Gasteiger partial charge on any atom is 0.162 e. The van der Waals surface area contributed by atoms with E-state index < -0.39 is 0 Å². The zero-order valence-corrected chi connectivity index (χ0v) is 16.1. The number of halogens is 1. The predicted octanol–water partition coefficient (Wildman–Crippen LogP) is 3.91. The number of anilines is 1. The van der Waals surface area contributed by atoms with Crippen molar-refractivity contribution >= 4 is 28.6 Å². The molecule has 1 aliphatic heterocycles. The molecular weight excluding hydrogens is 346 g/mol. The van der Waals surface area contributed by atoms with Gasteiger partial charge in [-0.3, -0.25) is 0 Å². The Bertz CT molecular complexity index is 912. The van der Waals surface area contributed by atoms with Crippen LogP contribution in [0.2, 0.25) is 5.02 Å². The topological polar surface area (TPSA) is 37.2 Å². The van der Waals surface area contributed by atoms with Gasteiger partial charge in [0.2, 0.25) is 0 Å². The SMILES string of the molecule is CCCn1c(-c2ccccc2Cl)nc2ccc(N3CCN(C)CC3)nc21. The lowest BCUT2D eigenvalue weighted by Gasteiger charge is -2.33. The van der Waals surface area contributed by atoms with E-state index in [4.69, 9.17) is 21.6 Å². The summed E-state index contributed by atoms with van der Waals surface area (Å²) in [6.45, 7) is 7.20. The molecule has 1 fully saturated rings. The number of pyridine rings is 1. The van der Waals surface area contributed by atoms with Crippen LogP contribution in [0, 0.1) is 0 Å². The average Bonchev–Trinajstić information content (AvgIpc) is 3.01. The van der Waals surface area contributed by atoms with E-state index in [2.05, 4.69) is 40.5 Å². The van der Waals surface area contributed by atoms with E-state index in [1.54, 1.807) is 0 Å². The molecule has 6 heteroatoms. The largest absolute Gasteiger partial charge is 0.354 e. The molecule has 5 nitrogen and oxygen atoms in total. The fourth-order valence-corrected chi connectivity index (χ4v) is 3.71. The summed E-state index contributed by atoms with van der Waals surface area (Å²) >= 11 is 6.44. The monoisotopic (exact) mass is 369 g/mol. The number of imidazole rings is 1. The summed E-state index contributed by atoms with van der Waals surface area (Å²) in [4.78, 5) is 14.5. The summed E-state index contributed by atoms with van der Waals surface area (Å²) in [5.41, 5.74) is 2.83. The molecule has 1 aromatic carbocycles. The van der Waals surface area contributed by atoms with Crippen LogP contribution >= 0.6 is 11.6 Å². The number of benzene rings is 1. The van der Waals surface area contributed by atoms with E-state index in [9.17, 15) is 0 Å². The van der Waals surface area contributed by atoms with Gasteiger partial charge in [0.05, 0.1) is 5.02 Å². The third-order valence-corrected chi connectivity index (χ3v) is 5.30. The van der Waals surface area contributed by atoms with Gasteiger partial charge >= 0.3 is 0 Å². The molecule has 1 saturated heterocycles. The van der Waals surface area contributed by atoms with Gasteiger partial charge in [0.1, 0.15) is 17.2 Å². The molecule has 0 radical (unpaired) electrons. The second-order valence-electron chi connectivity index (χ2n) is 6.87. The number of aryl methyl sites for hydroxylation is 1. The van der Waals surface area contributed by atoms with Crippen LogP contribution in [-0.2, 0) is 6.54 Å². The first-order valence-electron chi connectivity index (χ1n) is 9.23. The molecule has 0 N–H and O–H groups in total. The van der Waals surface area contributed by atoms with Gasteiger partial charge in [-0.2, -0.15) is 0 Å². The first-order valence-corrected chi connectivity index (χ1v) is 9.61. The van der Waals surface area contributed by atoms with Gasteiger partial charge in [0, 0.05) is 38.3 Å². The number of piperazine rings is 1. The molecule has 26 heavy (non-hydrogen) atoms. The molecule has 0 amide bonds. The van der Waals surface area contributed by atoms with E-state index in [0.717, 1.165) is 72.5 Å². The molecule has 0 aliphatic carbocycles. The van der Waals surface area contributed by atoms with Crippen molar-refractivity contribution in [2.24, 2.45) is 0 Å². The Labute approximate surface area is 159 Å². The lowest BCUT2D eigenvalue weighted by molar-refractivity contribution is 0.312. The van der Waals surface area contributed by atoms with Gasteiger partial charge in [0.15, 0.2) is 5.65 Å². The molecule has 0 saturated carbocycles. The van der Waals surface area contributed by atoms with Gasteiger partial charge < -0.3 is 14.4 Å². The summed E-state index contributed by atoms with van der Waals surface area (Å²) in [7, 11) is 2.17. The molecule has 0 spiro atoms. The van der Waals surface area contributed by atoms with Crippen molar-refractivity contribution in [3.63, 3.8) is 0 Å². The van der Waals surface area contributed by atoms with Crippen LogP contribution in [0.5, 0.6) is 0 Å². The maximum atomic E-state index is 6.44. The number of likely N-dealkylation sites (N-methyl/N-ethyl adjacent to an activating group) is 1. The number of hydrogen-bond donors (Lipinski definition) is 0. The minimum absolute atomic E-state index is 0.722. The Morgan fingerprint density at radius 2 is 1.77 bits per heavy atom. The predicted molar refractivity (Wildman–Crippen MR) is 108 cm³/mol. The quantitative estimate of drug-likeness (QED) is 0.698. The average molecular weight is 370 g/mol. The molecule has 0 atom stereocenters. The van der Waals surface area contributed by atoms with Crippen LogP contribution in [0.4, 0.5) is 5.82 Å². The smallest absolute Gasteiger partial charge is 0.162 e. The van der Waals surface area contributed by atoms with E-state index in [-0.39, 0.29) is 0 Å². The Kier molecular flexibility index (Phi) is 4.83. The van der Waals surface area contributed by atoms with Crippen molar-refractivity contribution in [1.29, 1.82) is 0 Å². The van der Waals surface area contributed by atoms with Crippen molar-refractivity contribution in [3.05, 3.63) is 41.4 Å². The van der Waals surface area contributed by atoms with Crippen LogP contribution in [0.3, 0.4) is 0 Å². The summed E-state index contributed by atoms with van der Waals surface area (Å²) in [5, 5.41) is 0.722. The molecule has 3 heterocycles. The third kappa shape index (κ3) is 3.17. The second kappa shape index (κ2) is 7.25. The van der Waals surface area contributed by atoms with E-state index in [0.29, 0.717) is 0 Å². The fourth-order valence-electron chi connectivity index (χ4n) is 3.49. The number of fused-ring (bicyclic) bond motifs is 1. The van der Waals surface area contributed by atoms with Crippen molar-refractivity contribution in [2.75, 3.05) is 38.1 Å². The van der Waals surface area contributed by atoms with Crippen LogP contribution in [0.1, 0.15) is 13.3 Å². The number of aromatic nitrogens is 3. The van der Waals surface area contributed by atoms with Gasteiger partial charge in [-0.1, -0.05) is 30.7 Å². The second-order valence-corrected chi connectivity index (χ2v) is 7.28. The number of rotatable bonds is 4. The Morgan fingerprint density at radius 1 is 1.00 bits per heavy atom. The third-order valence-electron chi connectivity index (χ3n) is 4.97. The molecule has 0 bridgehead atoms. The lowest BCUT2D eigenvalue weighted by Crippen LogP contribution is -2.44. The summed E-state index contributed by atoms with van der Waals surface area (Å²) < 4.78 is 2.20. The summed E-state index contributed by atoms with van der Waals surface area (Å²) in [6, 6.07) is 12.1. The zero-order chi connectivity index (χ0) is 18.1. The number of hydrogen-bond acceptors (Lipinski definition) is 4. The fraction of sp³-hybridized carbons (Fsp3) is 0.400. The molecule has 0 unspecified atom stereocenters. The molecule has 2 aromatic heterocycles. The summed E-state index contributed by atoms with van der Waals surface area (Å²) in [6.07, 6.45) is 1.02. The van der Waals surface area contributed by atoms with E-state index in [1.807, 2.05) is 24.3 Å². The van der Waals surface area contributed by atoms with Gasteiger partial charge in [-0.15, -0.1) is 0 Å². The highest BCUT2D eigenvalue weighted by Gasteiger charge is 2.19. The highest BCUT2D eigenvalue weighted by Crippen LogP contribution is 2.30. The molecule has 1 aliphatic rings. The zero-order valence-electron chi connectivity index (χ0n) is 15.3. The maximum absolute atomic E-state index is 6.44. The molecule has 4 rings (SSSR count). The minimum Gasteiger partial charge on any atom is -0.354 e. The Hall–Kier alpha value is -2.11. The van der Waals surface area contributed by atoms with Gasteiger partial charge in [-0.05, 0) is 37.7 Å². The first kappa shape index (κ1) is 17.3. The lowest BCUT2D eigenvalue weighted by atomic mass is 10.2. The van der Waals surface area contributed by atoms with Gasteiger partial charge in [-0.25, -0.2) is 9.97 Å². The van der Waals surface area contributed by atoms with E-state index >= 15 is 0 Å². The van der Waals surface area contributed by atoms with Crippen LogP contribution in [-0.4, -0.2) is 52.7 Å². The molecular formula is C20H24ClN5. The Morgan fingerprint density at radius 3 is 2.50 bits per heavy atom. The van der Waals surface area contributed by atoms with Crippen molar-refractivity contribution in [1.82, 2.24) is 19.4 Å². The summed E-state index contributed by atoms with van der Waals surface area (Å²) in [5.74, 6) is 1.93. The minimum atomic E-state index is 0.722. The van der Waals surface area contributed by atoms with Crippen LogP contribution in [0.25, 0.3) is 22.6 Å². The molecule has 3 aromatic rings. The van der Waals surface area contributed by atoms with Crippen molar-refractivity contribution < 1.29 is 0 Å². The van der Waals surface area contributed by atoms with Crippen LogP contribution < -0.4 is 4.90 Å². The van der Waals surface area contributed by atoms with E-state index in [1.165, 1.54) is 0 Å². The Balaban J connectivity index is 1.80. The molecule has 136 valence electrons. The van der Waals surface area contributed by atoms with Crippen molar-refractivity contribution in [2.45, 2.75) is 19.9 Å². The number of nitrogens with zero attached hydrogens (tertiary/aromatic N) is 5. The first-order chi connectivity index (χ1) is 12.7. The van der Waals surface area contributed by atoms with Crippen molar-refractivity contribution in [3.8, 4) is 11.4 Å². The normalized spacial score (nSPS) is 15.7.